The van der Waals surface area contributed by atoms with Gasteiger partial charge in [-0.05, 0) is 48.7 Å². The smallest absolute Gasteiger partial charge is 0.0455 e. The maximum Gasteiger partial charge on any atom is 0.0455 e. The SMILES string of the molecule is CC1Cc2ccccc2N1c1ccc(Cl)cc1CBr. The number of alkyl halides is 1. The molecule has 0 bridgehead atoms. The van der Waals surface area contributed by atoms with Crippen LogP contribution in [0.1, 0.15) is 18.1 Å². The molecule has 1 aliphatic rings. The van der Waals surface area contributed by atoms with Crippen molar-refractivity contribution in [3.05, 3.63) is 58.6 Å². The zero-order valence-corrected chi connectivity index (χ0v) is 13.1. The topological polar surface area (TPSA) is 3.24 Å². The Hall–Kier alpha value is -0.990. The first-order valence-corrected chi connectivity index (χ1v) is 7.92. The van der Waals surface area contributed by atoms with E-state index in [0.29, 0.717) is 6.04 Å². The summed E-state index contributed by atoms with van der Waals surface area (Å²) in [4.78, 5) is 2.42. The Labute approximate surface area is 127 Å². The minimum atomic E-state index is 0.483. The van der Waals surface area contributed by atoms with Gasteiger partial charge in [-0.1, -0.05) is 45.7 Å². The van der Waals surface area contributed by atoms with Crippen molar-refractivity contribution in [2.24, 2.45) is 0 Å². The second-order valence-electron chi connectivity index (χ2n) is 4.96. The predicted molar refractivity (Wildman–Crippen MR) is 85.8 cm³/mol. The number of hydrogen-bond donors (Lipinski definition) is 0. The molecule has 0 spiro atoms. The molecule has 3 heteroatoms. The van der Waals surface area contributed by atoms with Crippen LogP contribution in [0, 0.1) is 0 Å². The molecule has 2 aromatic carbocycles. The van der Waals surface area contributed by atoms with Gasteiger partial charge >= 0.3 is 0 Å². The number of anilines is 2. The van der Waals surface area contributed by atoms with E-state index in [-0.39, 0.29) is 0 Å². The summed E-state index contributed by atoms with van der Waals surface area (Å²) in [5, 5.41) is 1.60. The first-order chi connectivity index (χ1) is 9.20. The van der Waals surface area contributed by atoms with Gasteiger partial charge in [0.05, 0.1) is 0 Å². The van der Waals surface area contributed by atoms with Crippen molar-refractivity contribution in [3.63, 3.8) is 0 Å². The zero-order valence-electron chi connectivity index (χ0n) is 10.7. The quantitative estimate of drug-likeness (QED) is 0.671. The van der Waals surface area contributed by atoms with Crippen LogP contribution in [0.2, 0.25) is 5.02 Å². The Morgan fingerprint density at radius 1 is 1.21 bits per heavy atom. The van der Waals surface area contributed by atoms with Crippen LogP contribution in [0.25, 0.3) is 0 Å². The van der Waals surface area contributed by atoms with E-state index in [0.717, 1.165) is 16.8 Å². The van der Waals surface area contributed by atoms with Gasteiger partial charge in [-0.2, -0.15) is 0 Å². The predicted octanol–water partition coefficient (Wildman–Crippen LogP) is 5.32. The van der Waals surface area contributed by atoms with Crippen LogP contribution < -0.4 is 4.90 Å². The molecular weight excluding hydrogens is 322 g/mol. The molecule has 0 saturated heterocycles. The summed E-state index contributed by atoms with van der Waals surface area (Å²) in [6.07, 6.45) is 1.10. The molecule has 0 N–H and O–H groups in total. The van der Waals surface area contributed by atoms with Crippen LogP contribution in [0.4, 0.5) is 11.4 Å². The lowest BCUT2D eigenvalue weighted by atomic mass is 10.1. The van der Waals surface area contributed by atoms with E-state index in [2.05, 4.69) is 58.1 Å². The fraction of sp³-hybridized carbons (Fsp3) is 0.250. The molecule has 1 heterocycles. The molecule has 0 amide bonds. The standard InChI is InChI=1S/C16H15BrClN/c1-11-8-12-4-2-3-5-15(12)19(11)16-7-6-14(18)9-13(16)10-17/h2-7,9,11H,8,10H2,1H3. The van der Waals surface area contributed by atoms with Crippen molar-refractivity contribution < 1.29 is 0 Å². The van der Waals surface area contributed by atoms with Gasteiger partial charge in [-0.3, -0.25) is 0 Å². The lowest BCUT2D eigenvalue weighted by Gasteiger charge is -2.27. The van der Waals surface area contributed by atoms with Gasteiger partial charge < -0.3 is 4.90 Å². The van der Waals surface area contributed by atoms with Gasteiger partial charge in [-0.15, -0.1) is 0 Å². The number of nitrogens with zero attached hydrogens (tertiary/aromatic N) is 1. The second kappa shape index (κ2) is 5.18. The van der Waals surface area contributed by atoms with Gasteiger partial charge in [0.1, 0.15) is 0 Å². The number of fused-ring (bicyclic) bond motifs is 1. The number of para-hydroxylation sites is 1. The first-order valence-electron chi connectivity index (χ1n) is 6.42. The molecule has 98 valence electrons. The van der Waals surface area contributed by atoms with Gasteiger partial charge in [0.25, 0.3) is 0 Å². The number of rotatable bonds is 2. The van der Waals surface area contributed by atoms with E-state index in [9.17, 15) is 0 Å². The third kappa shape index (κ3) is 2.28. The van der Waals surface area contributed by atoms with Gasteiger partial charge in [0.2, 0.25) is 0 Å². The maximum absolute atomic E-state index is 6.10. The summed E-state index contributed by atoms with van der Waals surface area (Å²) in [7, 11) is 0. The molecule has 0 fully saturated rings. The molecule has 0 aromatic heterocycles. The van der Waals surface area contributed by atoms with Crippen LogP contribution >= 0.6 is 27.5 Å². The molecule has 0 aliphatic carbocycles. The fourth-order valence-electron chi connectivity index (χ4n) is 2.83. The average molecular weight is 337 g/mol. The average Bonchev–Trinajstić information content (AvgIpc) is 2.74. The van der Waals surface area contributed by atoms with E-state index in [1.54, 1.807) is 0 Å². The van der Waals surface area contributed by atoms with E-state index < -0.39 is 0 Å². The van der Waals surface area contributed by atoms with Gasteiger partial charge in [0.15, 0.2) is 0 Å². The highest BCUT2D eigenvalue weighted by Gasteiger charge is 2.27. The molecular formula is C16H15BrClN. The molecule has 0 saturated carbocycles. The number of benzene rings is 2. The van der Waals surface area contributed by atoms with Crippen molar-refractivity contribution in [2.75, 3.05) is 4.90 Å². The molecule has 0 radical (unpaired) electrons. The Kier molecular flexibility index (Phi) is 3.55. The van der Waals surface area contributed by atoms with Gasteiger partial charge in [0, 0.05) is 27.8 Å². The normalized spacial score (nSPS) is 17.6. The minimum Gasteiger partial charge on any atom is -0.338 e. The Balaban J connectivity index is 2.12. The van der Waals surface area contributed by atoms with Gasteiger partial charge in [-0.25, -0.2) is 0 Å². The van der Waals surface area contributed by atoms with Crippen molar-refractivity contribution in [3.8, 4) is 0 Å². The molecule has 2 aromatic rings. The Morgan fingerprint density at radius 3 is 2.79 bits per heavy atom. The highest BCUT2D eigenvalue weighted by molar-refractivity contribution is 9.08. The van der Waals surface area contributed by atoms with Crippen molar-refractivity contribution in [1.82, 2.24) is 0 Å². The van der Waals surface area contributed by atoms with Crippen LogP contribution in [-0.2, 0) is 11.8 Å². The highest BCUT2D eigenvalue weighted by atomic mass is 79.9. The van der Waals surface area contributed by atoms with Crippen molar-refractivity contribution in [1.29, 1.82) is 0 Å². The Morgan fingerprint density at radius 2 is 2.00 bits per heavy atom. The highest BCUT2D eigenvalue weighted by Crippen LogP contribution is 2.40. The molecule has 1 nitrogen and oxygen atoms in total. The lowest BCUT2D eigenvalue weighted by Crippen LogP contribution is -2.24. The molecule has 1 aliphatic heterocycles. The molecule has 19 heavy (non-hydrogen) atoms. The molecule has 1 unspecified atom stereocenters. The summed E-state index contributed by atoms with van der Waals surface area (Å²) < 4.78 is 0. The third-order valence-electron chi connectivity index (χ3n) is 3.65. The van der Waals surface area contributed by atoms with E-state index >= 15 is 0 Å². The first kappa shape index (κ1) is 13.0. The minimum absolute atomic E-state index is 0.483. The third-order valence-corrected chi connectivity index (χ3v) is 4.49. The van der Waals surface area contributed by atoms with Crippen LogP contribution in [0.5, 0.6) is 0 Å². The van der Waals surface area contributed by atoms with Crippen LogP contribution in [0.3, 0.4) is 0 Å². The summed E-state index contributed by atoms with van der Waals surface area (Å²) in [6, 6.07) is 15.3. The van der Waals surface area contributed by atoms with Crippen LogP contribution in [-0.4, -0.2) is 6.04 Å². The number of halogens is 2. The van der Waals surface area contributed by atoms with E-state index in [1.165, 1.54) is 22.5 Å². The molecule has 1 atom stereocenters. The lowest BCUT2D eigenvalue weighted by molar-refractivity contribution is 0.757. The van der Waals surface area contributed by atoms with Crippen LogP contribution in [0.15, 0.2) is 42.5 Å². The maximum atomic E-state index is 6.10. The Bertz CT molecular complexity index is 611. The summed E-state index contributed by atoms with van der Waals surface area (Å²) in [5.41, 5.74) is 5.22. The van der Waals surface area contributed by atoms with E-state index in [4.69, 9.17) is 11.6 Å². The summed E-state index contributed by atoms with van der Waals surface area (Å²) >= 11 is 9.66. The fourth-order valence-corrected chi connectivity index (χ4v) is 3.47. The van der Waals surface area contributed by atoms with Crippen molar-refractivity contribution >= 4 is 38.9 Å². The van der Waals surface area contributed by atoms with Crippen molar-refractivity contribution in [2.45, 2.75) is 24.7 Å². The summed E-state index contributed by atoms with van der Waals surface area (Å²) in [5.74, 6) is 0. The molecule has 3 rings (SSSR count). The van der Waals surface area contributed by atoms with E-state index in [1.807, 2.05) is 12.1 Å². The second-order valence-corrected chi connectivity index (χ2v) is 5.96. The summed E-state index contributed by atoms with van der Waals surface area (Å²) in [6.45, 7) is 2.27. The zero-order chi connectivity index (χ0) is 13.4. The largest absolute Gasteiger partial charge is 0.338 e. The monoisotopic (exact) mass is 335 g/mol. The number of hydrogen-bond acceptors (Lipinski definition) is 1.